The zero-order valence-electron chi connectivity index (χ0n) is 13.4. The molecule has 0 bridgehead atoms. The van der Waals surface area contributed by atoms with Gasteiger partial charge >= 0.3 is 0 Å². The van der Waals surface area contributed by atoms with Gasteiger partial charge < -0.3 is 9.47 Å². The molecule has 0 aliphatic carbocycles. The molecule has 0 saturated carbocycles. The standard InChI is InChI=1S/C17H22N6/c1-13-19-17(21-20-13)14-5-4-8-22(11-14)9-10-23-12-18-15-6-2-3-7-16(15)23/h2-3,6-7,12,14H,4-5,8-11H2,1H3,(H,19,20,21). The van der Waals surface area contributed by atoms with Crippen LogP contribution in [0.2, 0.25) is 0 Å². The zero-order valence-corrected chi connectivity index (χ0v) is 13.4. The molecule has 120 valence electrons. The molecule has 4 rings (SSSR count). The normalized spacial score (nSPS) is 19.4. The van der Waals surface area contributed by atoms with E-state index < -0.39 is 0 Å². The maximum Gasteiger partial charge on any atom is 0.155 e. The van der Waals surface area contributed by atoms with Crippen LogP contribution in [0.1, 0.15) is 30.4 Å². The van der Waals surface area contributed by atoms with Gasteiger partial charge in [0.05, 0.1) is 17.4 Å². The lowest BCUT2D eigenvalue weighted by Crippen LogP contribution is -2.36. The van der Waals surface area contributed by atoms with E-state index in [1.165, 1.54) is 18.4 Å². The molecule has 1 N–H and O–H groups in total. The number of nitrogens with zero attached hydrogens (tertiary/aromatic N) is 5. The third-order valence-corrected chi connectivity index (χ3v) is 4.67. The van der Waals surface area contributed by atoms with Crippen LogP contribution >= 0.6 is 0 Å². The van der Waals surface area contributed by atoms with Crippen LogP contribution in [-0.4, -0.2) is 49.3 Å². The molecule has 1 fully saturated rings. The van der Waals surface area contributed by atoms with Gasteiger partial charge in [0.15, 0.2) is 5.82 Å². The Bertz CT molecular complexity index is 789. The maximum absolute atomic E-state index is 4.51. The highest BCUT2D eigenvalue weighted by atomic mass is 15.2. The summed E-state index contributed by atoms with van der Waals surface area (Å²) < 4.78 is 2.25. The first-order valence-electron chi connectivity index (χ1n) is 8.31. The van der Waals surface area contributed by atoms with Crippen molar-refractivity contribution in [3.05, 3.63) is 42.2 Å². The average molecular weight is 310 g/mol. The Morgan fingerprint density at radius 2 is 2.17 bits per heavy atom. The van der Waals surface area contributed by atoms with E-state index in [0.29, 0.717) is 5.92 Å². The van der Waals surface area contributed by atoms with Crippen molar-refractivity contribution in [1.29, 1.82) is 0 Å². The Labute approximate surface area is 135 Å². The summed E-state index contributed by atoms with van der Waals surface area (Å²) >= 11 is 0. The molecule has 1 aromatic carbocycles. The first-order valence-corrected chi connectivity index (χ1v) is 8.31. The van der Waals surface area contributed by atoms with E-state index in [-0.39, 0.29) is 0 Å². The molecule has 1 atom stereocenters. The third kappa shape index (κ3) is 2.99. The van der Waals surface area contributed by atoms with Crippen molar-refractivity contribution in [2.24, 2.45) is 0 Å². The van der Waals surface area contributed by atoms with Gasteiger partial charge in [0, 0.05) is 25.6 Å². The largest absolute Gasteiger partial charge is 0.329 e. The summed E-state index contributed by atoms with van der Waals surface area (Å²) in [6.45, 7) is 6.18. The number of aryl methyl sites for hydroxylation is 1. The van der Waals surface area contributed by atoms with Gasteiger partial charge in [-0.15, -0.1) is 0 Å². The van der Waals surface area contributed by atoms with Crippen LogP contribution in [0.3, 0.4) is 0 Å². The third-order valence-electron chi connectivity index (χ3n) is 4.67. The van der Waals surface area contributed by atoms with E-state index in [2.05, 4.69) is 47.8 Å². The SMILES string of the molecule is Cc1nc(C2CCCN(CCn3cnc4ccccc43)C2)n[nH]1. The van der Waals surface area contributed by atoms with Gasteiger partial charge in [-0.3, -0.25) is 5.10 Å². The molecule has 2 aromatic heterocycles. The quantitative estimate of drug-likeness (QED) is 0.803. The van der Waals surface area contributed by atoms with Crippen LogP contribution in [-0.2, 0) is 6.54 Å². The number of rotatable bonds is 4. The fourth-order valence-corrected chi connectivity index (χ4v) is 3.45. The molecule has 1 unspecified atom stereocenters. The van der Waals surface area contributed by atoms with E-state index >= 15 is 0 Å². The van der Waals surface area contributed by atoms with Crippen LogP contribution in [0.4, 0.5) is 0 Å². The summed E-state index contributed by atoms with van der Waals surface area (Å²) in [7, 11) is 0. The summed E-state index contributed by atoms with van der Waals surface area (Å²) in [4.78, 5) is 11.5. The second-order valence-electron chi connectivity index (χ2n) is 6.35. The molecule has 1 aliphatic heterocycles. The summed E-state index contributed by atoms with van der Waals surface area (Å²) in [5.74, 6) is 2.33. The summed E-state index contributed by atoms with van der Waals surface area (Å²) in [6.07, 6.45) is 4.34. The Balaban J connectivity index is 1.41. The highest BCUT2D eigenvalue weighted by Crippen LogP contribution is 2.24. The van der Waals surface area contributed by atoms with Crippen LogP contribution in [0.15, 0.2) is 30.6 Å². The first kappa shape index (κ1) is 14.4. The lowest BCUT2D eigenvalue weighted by Gasteiger charge is -2.31. The minimum absolute atomic E-state index is 0.452. The second-order valence-corrected chi connectivity index (χ2v) is 6.35. The highest BCUT2D eigenvalue weighted by molar-refractivity contribution is 5.74. The van der Waals surface area contributed by atoms with Crippen LogP contribution in [0.5, 0.6) is 0 Å². The van der Waals surface area contributed by atoms with Crippen molar-refractivity contribution in [2.45, 2.75) is 32.2 Å². The van der Waals surface area contributed by atoms with Crippen LogP contribution in [0.25, 0.3) is 11.0 Å². The monoisotopic (exact) mass is 310 g/mol. The van der Waals surface area contributed by atoms with Crippen molar-refractivity contribution in [3.63, 3.8) is 0 Å². The number of aromatic nitrogens is 5. The predicted molar refractivity (Wildman–Crippen MR) is 89.3 cm³/mol. The van der Waals surface area contributed by atoms with E-state index in [9.17, 15) is 0 Å². The molecule has 6 nitrogen and oxygen atoms in total. The van der Waals surface area contributed by atoms with Crippen LogP contribution in [0, 0.1) is 6.92 Å². The Kier molecular flexibility index (Phi) is 3.83. The first-order chi connectivity index (χ1) is 11.3. The van der Waals surface area contributed by atoms with Gasteiger partial charge in [-0.25, -0.2) is 9.97 Å². The highest BCUT2D eigenvalue weighted by Gasteiger charge is 2.24. The van der Waals surface area contributed by atoms with Gasteiger partial charge in [0.1, 0.15) is 5.82 Å². The number of fused-ring (bicyclic) bond motifs is 1. The van der Waals surface area contributed by atoms with Crippen molar-refractivity contribution < 1.29 is 0 Å². The molecule has 6 heteroatoms. The van der Waals surface area contributed by atoms with Crippen molar-refractivity contribution in [3.8, 4) is 0 Å². The molecule has 23 heavy (non-hydrogen) atoms. The molecule has 1 saturated heterocycles. The maximum atomic E-state index is 4.51. The number of hydrogen-bond donors (Lipinski definition) is 1. The smallest absolute Gasteiger partial charge is 0.155 e. The van der Waals surface area contributed by atoms with Gasteiger partial charge in [-0.05, 0) is 38.4 Å². The summed E-state index contributed by atoms with van der Waals surface area (Å²) in [5, 5.41) is 7.31. The van der Waals surface area contributed by atoms with Gasteiger partial charge in [-0.2, -0.15) is 5.10 Å². The van der Waals surface area contributed by atoms with Crippen molar-refractivity contribution in [1.82, 2.24) is 29.6 Å². The Hall–Kier alpha value is -2.21. The molecular formula is C17H22N6. The molecule has 3 heterocycles. The van der Waals surface area contributed by atoms with Gasteiger partial charge in [0.2, 0.25) is 0 Å². The average Bonchev–Trinajstić information content (AvgIpc) is 3.20. The number of likely N-dealkylation sites (tertiary alicyclic amines) is 1. The van der Waals surface area contributed by atoms with E-state index in [1.807, 2.05) is 19.3 Å². The number of para-hydroxylation sites is 2. The Morgan fingerprint density at radius 3 is 3.04 bits per heavy atom. The molecule has 0 spiro atoms. The number of benzene rings is 1. The number of nitrogens with one attached hydrogen (secondary N) is 1. The number of aromatic amines is 1. The Morgan fingerprint density at radius 1 is 1.26 bits per heavy atom. The fraction of sp³-hybridized carbons (Fsp3) is 0.471. The lowest BCUT2D eigenvalue weighted by molar-refractivity contribution is 0.198. The van der Waals surface area contributed by atoms with E-state index in [0.717, 1.165) is 43.3 Å². The van der Waals surface area contributed by atoms with E-state index in [4.69, 9.17) is 0 Å². The topological polar surface area (TPSA) is 62.6 Å². The minimum atomic E-state index is 0.452. The van der Waals surface area contributed by atoms with Gasteiger partial charge in [0.25, 0.3) is 0 Å². The number of piperidine rings is 1. The number of H-pyrrole nitrogens is 1. The summed E-state index contributed by atoms with van der Waals surface area (Å²) in [5.41, 5.74) is 2.28. The number of hydrogen-bond acceptors (Lipinski definition) is 4. The fourth-order valence-electron chi connectivity index (χ4n) is 3.45. The minimum Gasteiger partial charge on any atom is -0.329 e. The number of imidazole rings is 1. The van der Waals surface area contributed by atoms with Crippen molar-refractivity contribution in [2.75, 3.05) is 19.6 Å². The molecule has 0 amide bonds. The second kappa shape index (κ2) is 6.12. The predicted octanol–water partition coefficient (Wildman–Crippen LogP) is 2.34. The van der Waals surface area contributed by atoms with Gasteiger partial charge in [-0.1, -0.05) is 12.1 Å². The molecule has 3 aromatic rings. The molecular weight excluding hydrogens is 288 g/mol. The van der Waals surface area contributed by atoms with E-state index in [1.54, 1.807) is 0 Å². The summed E-state index contributed by atoms with van der Waals surface area (Å²) in [6, 6.07) is 8.31. The zero-order chi connectivity index (χ0) is 15.6. The van der Waals surface area contributed by atoms with Crippen LogP contribution < -0.4 is 0 Å². The molecule has 0 radical (unpaired) electrons. The molecule has 1 aliphatic rings. The van der Waals surface area contributed by atoms with Crippen molar-refractivity contribution >= 4 is 11.0 Å². The lowest BCUT2D eigenvalue weighted by atomic mass is 9.97.